The first kappa shape index (κ1) is 18.2. The number of halogens is 2. The van der Waals surface area contributed by atoms with E-state index in [2.05, 4.69) is 40.1 Å². The van der Waals surface area contributed by atoms with Gasteiger partial charge >= 0.3 is 0 Å². The van der Waals surface area contributed by atoms with E-state index in [0.29, 0.717) is 28.2 Å². The van der Waals surface area contributed by atoms with Gasteiger partial charge in [-0.25, -0.2) is 4.98 Å². The molecule has 0 fully saturated rings. The predicted octanol–water partition coefficient (Wildman–Crippen LogP) is 6.00. The highest BCUT2D eigenvalue weighted by Gasteiger charge is 2.12. The minimum Gasteiger partial charge on any atom is -0.492 e. The average Bonchev–Trinajstić information content (AvgIpc) is 2.94. The van der Waals surface area contributed by atoms with Crippen molar-refractivity contribution in [3.05, 3.63) is 51.5 Å². The van der Waals surface area contributed by atoms with Crippen molar-refractivity contribution in [2.45, 2.75) is 13.8 Å². The molecule has 0 aliphatic rings. The van der Waals surface area contributed by atoms with E-state index in [0.717, 1.165) is 20.4 Å². The first-order valence-corrected chi connectivity index (χ1v) is 9.71. The van der Waals surface area contributed by atoms with Crippen LogP contribution in [0.5, 0.6) is 5.75 Å². The third kappa shape index (κ3) is 4.51. The van der Waals surface area contributed by atoms with Crippen LogP contribution in [0.25, 0.3) is 10.2 Å². The summed E-state index contributed by atoms with van der Waals surface area (Å²) in [5.74, 6) is 0.934. The molecule has 0 saturated heterocycles. The number of nitrogens with one attached hydrogen (secondary N) is 1. The lowest BCUT2D eigenvalue weighted by Crippen LogP contribution is -2.12. The molecule has 2 aromatic carbocycles. The molecule has 1 N–H and O–H groups in total. The van der Waals surface area contributed by atoms with Crippen LogP contribution in [0.2, 0.25) is 5.02 Å². The van der Waals surface area contributed by atoms with Gasteiger partial charge in [0.2, 0.25) is 0 Å². The summed E-state index contributed by atoms with van der Waals surface area (Å²) < 4.78 is 7.38. The smallest absolute Gasteiger partial charge is 0.257 e. The van der Waals surface area contributed by atoms with Gasteiger partial charge in [0.1, 0.15) is 5.75 Å². The van der Waals surface area contributed by atoms with Gasteiger partial charge in [-0.2, -0.15) is 0 Å². The van der Waals surface area contributed by atoms with Crippen molar-refractivity contribution in [1.82, 2.24) is 4.98 Å². The zero-order valence-corrected chi connectivity index (χ0v) is 16.8. The van der Waals surface area contributed by atoms with E-state index in [-0.39, 0.29) is 5.91 Å². The minimum atomic E-state index is -0.221. The first-order chi connectivity index (χ1) is 11.9. The zero-order valence-electron chi connectivity index (χ0n) is 13.7. The molecule has 25 heavy (non-hydrogen) atoms. The second kappa shape index (κ2) is 7.72. The van der Waals surface area contributed by atoms with Gasteiger partial charge in [0.25, 0.3) is 5.91 Å². The van der Waals surface area contributed by atoms with Gasteiger partial charge < -0.3 is 4.74 Å². The highest BCUT2D eigenvalue weighted by Crippen LogP contribution is 2.30. The average molecular weight is 440 g/mol. The molecule has 3 rings (SSSR count). The van der Waals surface area contributed by atoms with E-state index in [4.69, 9.17) is 16.3 Å². The number of carbonyl (C=O) groups is 1. The second-order valence-electron chi connectivity index (χ2n) is 5.94. The van der Waals surface area contributed by atoms with Gasteiger partial charge in [0, 0.05) is 10.6 Å². The van der Waals surface area contributed by atoms with Crippen LogP contribution in [0, 0.1) is 5.92 Å². The number of nitrogens with zero attached hydrogens (tertiary/aromatic N) is 1. The number of hydrogen-bond donors (Lipinski definition) is 1. The van der Waals surface area contributed by atoms with Crippen LogP contribution in [0.15, 0.2) is 40.9 Å². The highest BCUT2D eigenvalue weighted by atomic mass is 79.9. The molecule has 1 amide bonds. The fraction of sp³-hybridized carbons (Fsp3) is 0.222. The Labute approximate surface area is 163 Å². The standard InChI is InChI=1S/C18H16BrClN2O2S/c1-10(2)9-24-15-6-3-11(7-13(15)19)17(23)22-18-21-14-5-4-12(20)8-16(14)25-18/h3-8,10H,9H2,1-2H3,(H,21,22,23). The van der Waals surface area contributed by atoms with E-state index in [1.807, 2.05) is 12.1 Å². The lowest BCUT2D eigenvalue weighted by atomic mass is 10.2. The fourth-order valence-electron chi connectivity index (χ4n) is 2.14. The van der Waals surface area contributed by atoms with Crippen molar-refractivity contribution < 1.29 is 9.53 Å². The van der Waals surface area contributed by atoms with Crippen molar-refractivity contribution in [2.24, 2.45) is 5.92 Å². The van der Waals surface area contributed by atoms with Crippen molar-refractivity contribution in [1.29, 1.82) is 0 Å². The van der Waals surface area contributed by atoms with Crippen LogP contribution in [0.4, 0.5) is 5.13 Å². The third-order valence-electron chi connectivity index (χ3n) is 3.34. The molecular formula is C18H16BrClN2O2S. The van der Waals surface area contributed by atoms with Gasteiger partial charge in [-0.05, 0) is 58.2 Å². The molecule has 0 saturated carbocycles. The van der Waals surface area contributed by atoms with Crippen molar-refractivity contribution in [3.8, 4) is 5.75 Å². The lowest BCUT2D eigenvalue weighted by molar-refractivity contribution is 0.102. The molecule has 0 aliphatic heterocycles. The number of anilines is 1. The number of aromatic nitrogens is 1. The van der Waals surface area contributed by atoms with Gasteiger partial charge in [-0.1, -0.05) is 36.8 Å². The van der Waals surface area contributed by atoms with Gasteiger partial charge in [0.15, 0.2) is 5.13 Å². The molecule has 0 bridgehead atoms. The maximum atomic E-state index is 12.5. The molecule has 1 heterocycles. The number of fused-ring (bicyclic) bond motifs is 1. The van der Waals surface area contributed by atoms with E-state index in [1.165, 1.54) is 11.3 Å². The Kier molecular flexibility index (Phi) is 5.61. The Morgan fingerprint density at radius 3 is 2.84 bits per heavy atom. The number of carbonyl (C=O) groups excluding carboxylic acids is 1. The first-order valence-electron chi connectivity index (χ1n) is 7.72. The fourth-order valence-corrected chi connectivity index (χ4v) is 3.77. The quantitative estimate of drug-likeness (QED) is 0.530. The Balaban J connectivity index is 1.74. The van der Waals surface area contributed by atoms with E-state index >= 15 is 0 Å². The predicted molar refractivity (Wildman–Crippen MR) is 107 cm³/mol. The largest absolute Gasteiger partial charge is 0.492 e. The van der Waals surface area contributed by atoms with E-state index < -0.39 is 0 Å². The van der Waals surface area contributed by atoms with Gasteiger partial charge in [-0.3, -0.25) is 10.1 Å². The van der Waals surface area contributed by atoms with Crippen LogP contribution >= 0.6 is 38.9 Å². The van der Waals surface area contributed by atoms with Crippen LogP contribution in [-0.4, -0.2) is 17.5 Å². The summed E-state index contributed by atoms with van der Waals surface area (Å²) >= 11 is 10.8. The molecule has 1 aromatic heterocycles. The number of benzene rings is 2. The molecule has 0 atom stereocenters. The Morgan fingerprint density at radius 2 is 2.12 bits per heavy atom. The summed E-state index contributed by atoms with van der Waals surface area (Å²) in [4.78, 5) is 16.9. The molecular weight excluding hydrogens is 424 g/mol. The number of ether oxygens (including phenoxy) is 1. The second-order valence-corrected chi connectivity index (χ2v) is 8.26. The Morgan fingerprint density at radius 1 is 1.32 bits per heavy atom. The lowest BCUT2D eigenvalue weighted by Gasteiger charge is -2.11. The van der Waals surface area contributed by atoms with Gasteiger partial charge in [-0.15, -0.1) is 0 Å². The van der Waals surface area contributed by atoms with Crippen LogP contribution in [-0.2, 0) is 0 Å². The van der Waals surface area contributed by atoms with E-state index in [9.17, 15) is 4.79 Å². The van der Waals surface area contributed by atoms with Crippen molar-refractivity contribution in [3.63, 3.8) is 0 Å². The normalized spacial score (nSPS) is 11.1. The topological polar surface area (TPSA) is 51.2 Å². The van der Waals surface area contributed by atoms with Gasteiger partial charge in [0.05, 0.1) is 21.3 Å². The molecule has 7 heteroatoms. The molecule has 0 unspecified atom stereocenters. The highest BCUT2D eigenvalue weighted by molar-refractivity contribution is 9.10. The monoisotopic (exact) mass is 438 g/mol. The molecule has 0 spiro atoms. The number of amides is 1. The number of hydrogen-bond acceptors (Lipinski definition) is 4. The zero-order chi connectivity index (χ0) is 18.0. The summed E-state index contributed by atoms with van der Waals surface area (Å²) in [6, 6.07) is 10.7. The van der Waals surface area contributed by atoms with Crippen molar-refractivity contribution >= 4 is 60.1 Å². The molecule has 0 radical (unpaired) electrons. The van der Waals surface area contributed by atoms with Crippen LogP contribution in [0.3, 0.4) is 0 Å². The maximum Gasteiger partial charge on any atom is 0.257 e. The Bertz CT molecular complexity index is 927. The number of thiazole rings is 1. The maximum absolute atomic E-state index is 12.5. The minimum absolute atomic E-state index is 0.221. The summed E-state index contributed by atoms with van der Waals surface area (Å²) in [5, 5.41) is 4.02. The Hall–Kier alpha value is -1.63. The molecule has 3 aromatic rings. The molecule has 4 nitrogen and oxygen atoms in total. The third-order valence-corrected chi connectivity index (χ3v) is 5.13. The molecule has 130 valence electrons. The number of rotatable bonds is 5. The molecule has 0 aliphatic carbocycles. The SMILES string of the molecule is CC(C)COc1ccc(C(=O)Nc2nc3ccc(Cl)cc3s2)cc1Br. The van der Waals surface area contributed by atoms with E-state index in [1.54, 1.807) is 24.3 Å². The summed E-state index contributed by atoms with van der Waals surface area (Å²) in [5.41, 5.74) is 1.34. The van der Waals surface area contributed by atoms with Crippen molar-refractivity contribution in [2.75, 3.05) is 11.9 Å². The van der Waals surface area contributed by atoms with Crippen LogP contribution in [0.1, 0.15) is 24.2 Å². The summed E-state index contributed by atoms with van der Waals surface area (Å²) in [7, 11) is 0. The van der Waals surface area contributed by atoms with Crippen LogP contribution < -0.4 is 10.1 Å². The summed E-state index contributed by atoms with van der Waals surface area (Å²) in [6.45, 7) is 4.79. The summed E-state index contributed by atoms with van der Waals surface area (Å²) in [6.07, 6.45) is 0.